The molecule has 1 aromatic rings. The van der Waals surface area contributed by atoms with Gasteiger partial charge in [-0.25, -0.2) is 0 Å². The van der Waals surface area contributed by atoms with Gasteiger partial charge in [-0.05, 0) is 52.2 Å². The van der Waals surface area contributed by atoms with Crippen molar-refractivity contribution in [2.45, 2.75) is 52.2 Å². The molecule has 2 heterocycles. The molecule has 0 saturated carbocycles. The summed E-state index contributed by atoms with van der Waals surface area (Å²) in [6.45, 7) is 8.40. The average Bonchev–Trinajstić information content (AvgIpc) is 2.61. The molecule has 1 fully saturated rings. The van der Waals surface area contributed by atoms with Crippen molar-refractivity contribution in [2.75, 3.05) is 20.2 Å². The van der Waals surface area contributed by atoms with Crippen LogP contribution >= 0.6 is 0 Å². The van der Waals surface area contributed by atoms with Crippen molar-refractivity contribution < 1.29 is 14.6 Å². The van der Waals surface area contributed by atoms with Crippen LogP contribution in [0.5, 0.6) is 0 Å². The number of ether oxygens (including phenoxy) is 1. The van der Waals surface area contributed by atoms with E-state index in [4.69, 9.17) is 4.74 Å². The van der Waals surface area contributed by atoms with Crippen molar-refractivity contribution >= 4 is 11.5 Å². The number of Topliss-reactive ketones (excluding diaryl/α,β-unsaturated/α-hetero) is 1. The Kier molecular flexibility index (Phi) is 6.17. The zero-order valence-corrected chi connectivity index (χ0v) is 16.2. The van der Waals surface area contributed by atoms with Gasteiger partial charge in [-0.2, -0.15) is 5.26 Å². The largest absolute Gasteiger partial charge is 0.387 e. The second kappa shape index (κ2) is 7.98. The number of aromatic nitrogens is 1. The van der Waals surface area contributed by atoms with Gasteiger partial charge in [0.25, 0.3) is 0 Å². The standard InChI is InChI=1S/C20H27N3O3/c1-13-12-22-18(15(3)25)10-16(13)19(17(11-21)14(2)24)23-8-6-20(4,26-5)7-9-23/h10,12,15,25H,6-9H2,1-5H3/b19-17+. The molecule has 0 amide bonds. The molecule has 0 spiro atoms. The van der Waals surface area contributed by atoms with Gasteiger partial charge in [0.05, 0.1) is 23.1 Å². The summed E-state index contributed by atoms with van der Waals surface area (Å²) in [5.41, 5.74) is 2.71. The van der Waals surface area contributed by atoms with E-state index in [1.807, 2.05) is 6.92 Å². The Hall–Kier alpha value is -2.23. The fraction of sp³-hybridized carbons (Fsp3) is 0.550. The van der Waals surface area contributed by atoms with Crippen LogP contribution in [0, 0.1) is 18.3 Å². The Balaban J connectivity index is 2.57. The summed E-state index contributed by atoms with van der Waals surface area (Å²) in [7, 11) is 1.71. The third kappa shape index (κ3) is 4.12. The number of likely N-dealkylation sites (tertiary alicyclic amines) is 1. The van der Waals surface area contributed by atoms with Gasteiger partial charge in [-0.15, -0.1) is 0 Å². The molecule has 0 aliphatic carbocycles. The lowest BCUT2D eigenvalue weighted by Crippen LogP contribution is -2.43. The van der Waals surface area contributed by atoms with Crippen LogP contribution in [-0.4, -0.2) is 46.6 Å². The quantitative estimate of drug-likeness (QED) is 0.644. The maximum Gasteiger partial charge on any atom is 0.172 e. The van der Waals surface area contributed by atoms with Crippen LogP contribution in [0.15, 0.2) is 17.8 Å². The summed E-state index contributed by atoms with van der Waals surface area (Å²) in [5.74, 6) is -0.266. The molecule has 1 unspecified atom stereocenters. The van der Waals surface area contributed by atoms with Gasteiger partial charge in [-0.3, -0.25) is 9.78 Å². The molecule has 6 heteroatoms. The van der Waals surface area contributed by atoms with Gasteiger partial charge in [0, 0.05) is 32.0 Å². The zero-order chi connectivity index (χ0) is 19.5. The molecular weight excluding hydrogens is 330 g/mol. The van der Waals surface area contributed by atoms with E-state index in [1.165, 1.54) is 6.92 Å². The Morgan fingerprint density at radius 1 is 1.46 bits per heavy atom. The first-order valence-corrected chi connectivity index (χ1v) is 8.83. The van der Waals surface area contributed by atoms with Crippen molar-refractivity contribution in [1.29, 1.82) is 5.26 Å². The molecule has 1 aliphatic rings. The number of aliphatic hydroxyl groups excluding tert-OH is 1. The summed E-state index contributed by atoms with van der Waals surface area (Å²) in [5, 5.41) is 19.5. The highest BCUT2D eigenvalue weighted by atomic mass is 16.5. The summed E-state index contributed by atoms with van der Waals surface area (Å²) in [4.78, 5) is 18.5. The van der Waals surface area contributed by atoms with E-state index in [1.54, 1.807) is 26.3 Å². The molecule has 1 N–H and O–H groups in total. The molecule has 1 saturated heterocycles. The number of rotatable bonds is 5. The number of pyridine rings is 1. The molecular formula is C20H27N3O3. The van der Waals surface area contributed by atoms with Gasteiger partial charge >= 0.3 is 0 Å². The number of nitriles is 1. The third-order valence-electron chi connectivity index (χ3n) is 5.14. The predicted octanol–water partition coefficient (Wildman–Crippen LogP) is 2.77. The number of allylic oxidation sites excluding steroid dienone is 1. The second-order valence-corrected chi connectivity index (χ2v) is 7.13. The first kappa shape index (κ1) is 20.1. The molecule has 140 valence electrons. The molecule has 2 rings (SSSR count). The van der Waals surface area contributed by atoms with Crippen LogP contribution in [0.2, 0.25) is 0 Å². The lowest BCUT2D eigenvalue weighted by Gasteiger charge is -2.41. The Morgan fingerprint density at radius 2 is 2.08 bits per heavy atom. The fourth-order valence-electron chi connectivity index (χ4n) is 3.19. The molecule has 1 aliphatic heterocycles. The Labute approximate surface area is 155 Å². The van der Waals surface area contributed by atoms with Crippen LogP contribution in [0.4, 0.5) is 0 Å². The second-order valence-electron chi connectivity index (χ2n) is 7.13. The summed E-state index contributed by atoms with van der Waals surface area (Å²) < 4.78 is 5.60. The molecule has 0 aromatic carbocycles. The highest BCUT2D eigenvalue weighted by Crippen LogP contribution is 2.34. The van der Waals surface area contributed by atoms with E-state index < -0.39 is 6.10 Å². The number of ketones is 1. The lowest BCUT2D eigenvalue weighted by atomic mass is 9.91. The molecule has 26 heavy (non-hydrogen) atoms. The Morgan fingerprint density at radius 3 is 2.54 bits per heavy atom. The minimum atomic E-state index is -0.725. The summed E-state index contributed by atoms with van der Waals surface area (Å²) in [6, 6.07) is 3.86. The number of nitrogens with zero attached hydrogens (tertiary/aromatic N) is 3. The van der Waals surface area contributed by atoms with Crippen LogP contribution in [0.3, 0.4) is 0 Å². The summed E-state index contributed by atoms with van der Waals surface area (Å²) in [6.07, 6.45) is 2.56. The van der Waals surface area contributed by atoms with Crippen LogP contribution in [0.1, 0.15) is 56.5 Å². The highest BCUT2D eigenvalue weighted by molar-refractivity contribution is 6.04. The molecule has 0 radical (unpaired) electrons. The lowest BCUT2D eigenvalue weighted by molar-refractivity contribution is -0.113. The maximum absolute atomic E-state index is 12.1. The van der Waals surface area contributed by atoms with Crippen molar-refractivity contribution in [3.63, 3.8) is 0 Å². The first-order chi connectivity index (χ1) is 12.2. The SMILES string of the molecule is COC1(C)CCN(/C(=C(\C#N)C(C)=O)c2cc(C(C)O)ncc2C)CC1. The number of aliphatic hydroxyl groups is 1. The minimum Gasteiger partial charge on any atom is -0.387 e. The van der Waals surface area contributed by atoms with Gasteiger partial charge in [0.1, 0.15) is 11.6 Å². The van der Waals surface area contributed by atoms with Crippen LogP contribution in [-0.2, 0) is 9.53 Å². The van der Waals surface area contributed by atoms with Crippen molar-refractivity contribution in [1.82, 2.24) is 9.88 Å². The molecule has 0 bridgehead atoms. The first-order valence-electron chi connectivity index (χ1n) is 8.83. The molecule has 6 nitrogen and oxygen atoms in total. The summed E-state index contributed by atoms with van der Waals surface area (Å²) >= 11 is 0. The van der Waals surface area contributed by atoms with E-state index in [-0.39, 0.29) is 17.0 Å². The van der Waals surface area contributed by atoms with Crippen molar-refractivity contribution in [2.24, 2.45) is 0 Å². The monoisotopic (exact) mass is 357 g/mol. The van der Waals surface area contributed by atoms with Crippen molar-refractivity contribution in [3.8, 4) is 6.07 Å². The normalized spacial score (nSPS) is 18.7. The minimum absolute atomic E-state index is 0.136. The van der Waals surface area contributed by atoms with E-state index in [9.17, 15) is 15.2 Å². The van der Waals surface area contributed by atoms with Crippen LogP contribution < -0.4 is 0 Å². The van der Waals surface area contributed by atoms with Gasteiger partial charge in [0.15, 0.2) is 5.78 Å². The highest BCUT2D eigenvalue weighted by Gasteiger charge is 2.32. The number of piperidine rings is 1. The van der Waals surface area contributed by atoms with Crippen LogP contribution in [0.25, 0.3) is 5.70 Å². The van der Waals surface area contributed by atoms with Crippen molar-refractivity contribution in [3.05, 3.63) is 34.7 Å². The predicted molar refractivity (Wildman–Crippen MR) is 99.0 cm³/mol. The van der Waals surface area contributed by atoms with Gasteiger partial charge in [0.2, 0.25) is 0 Å². The topological polar surface area (TPSA) is 86.5 Å². The smallest absolute Gasteiger partial charge is 0.172 e. The zero-order valence-electron chi connectivity index (χ0n) is 16.2. The van der Waals surface area contributed by atoms with E-state index in [0.717, 1.165) is 24.0 Å². The number of hydrogen-bond donors (Lipinski definition) is 1. The third-order valence-corrected chi connectivity index (χ3v) is 5.14. The average molecular weight is 357 g/mol. The van der Waals surface area contributed by atoms with Gasteiger partial charge < -0.3 is 14.7 Å². The number of hydrogen-bond acceptors (Lipinski definition) is 6. The van der Waals surface area contributed by atoms with E-state index >= 15 is 0 Å². The van der Waals surface area contributed by atoms with E-state index in [0.29, 0.717) is 24.5 Å². The van der Waals surface area contributed by atoms with Gasteiger partial charge in [-0.1, -0.05) is 0 Å². The molecule has 1 atom stereocenters. The Bertz CT molecular complexity index is 754. The number of carbonyl (C=O) groups excluding carboxylic acids is 1. The van der Waals surface area contributed by atoms with E-state index in [2.05, 4.69) is 22.9 Å². The maximum atomic E-state index is 12.1. The number of aryl methyl sites for hydroxylation is 1. The fourth-order valence-corrected chi connectivity index (χ4v) is 3.19. The number of methoxy groups -OCH3 is 1. The number of carbonyl (C=O) groups is 1. The molecule has 1 aromatic heterocycles.